The van der Waals surface area contributed by atoms with Crippen molar-refractivity contribution in [2.24, 2.45) is 5.92 Å². The summed E-state index contributed by atoms with van der Waals surface area (Å²) in [5.41, 5.74) is 0. The molecule has 1 saturated heterocycles. The fraction of sp³-hybridized carbons (Fsp3) is 0.727. The first-order chi connectivity index (χ1) is 8.49. The monoisotopic (exact) mass is 275 g/mol. The number of hydrogen-bond acceptors (Lipinski definition) is 4. The molecule has 1 atom stereocenters. The van der Waals surface area contributed by atoms with E-state index in [1.165, 1.54) is 0 Å². The van der Waals surface area contributed by atoms with Gasteiger partial charge in [-0.2, -0.15) is 11.8 Å². The van der Waals surface area contributed by atoms with Crippen molar-refractivity contribution in [3.8, 4) is 0 Å². The molecule has 1 unspecified atom stereocenters. The molecule has 0 aromatic rings. The normalized spacial score (nSPS) is 18.0. The highest BCUT2D eigenvalue weighted by Gasteiger charge is 2.24. The van der Waals surface area contributed by atoms with Gasteiger partial charge in [0.05, 0.1) is 6.42 Å². The van der Waals surface area contributed by atoms with Crippen molar-refractivity contribution in [1.29, 1.82) is 0 Å². The van der Waals surface area contributed by atoms with Crippen molar-refractivity contribution >= 4 is 29.6 Å². The number of carboxylic acids is 2. The number of aliphatic carboxylic acids is 2. The minimum absolute atomic E-state index is 0.282. The molecule has 0 saturated carbocycles. The SMILES string of the molecule is O=C(O)CC(NC(=O)CC1CCSCC1)C(=O)O. The first kappa shape index (κ1) is 14.8. The number of amides is 1. The largest absolute Gasteiger partial charge is 0.481 e. The Balaban J connectivity index is 2.40. The lowest BCUT2D eigenvalue weighted by Gasteiger charge is -2.21. The predicted octanol–water partition coefficient (Wildman–Crippen LogP) is 0.564. The average molecular weight is 275 g/mol. The van der Waals surface area contributed by atoms with Crippen molar-refractivity contribution < 1.29 is 24.6 Å². The summed E-state index contributed by atoms with van der Waals surface area (Å²) in [6.45, 7) is 0. The Hall–Kier alpha value is -1.24. The lowest BCUT2D eigenvalue weighted by Crippen LogP contribution is -2.42. The van der Waals surface area contributed by atoms with Gasteiger partial charge >= 0.3 is 11.9 Å². The molecule has 6 nitrogen and oxygen atoms in total. The summed E-state index contributed by atoms with van der Waals surface area (Å²) >= 11 is 1.85. The summed E-state index contributed by atoms with van der Waals surface area (Å²) in [7, 11) is 0. The van der Waals surface area contributed by atoms with Crippen LogP contribution < -0.4 is 5.32 Å². The zero-order valence-corrected chi connectivity index (χ0v) is 10.7. The summed E-state index contributed by atoms with van der Waals surface area (Å²) in [5.74, 6) is -0.599. The van der Waals surface area contributed by atoms with Crippen LogP contribution in [0.5, 0.6) is 0 Å². The van der Waals surface area contributed by atoms with Crippen LogP contribution in [-0.2, 0) is 14.4 Å². The van der Waals surface area contributed by atoms with Crippen molar-refractivity contribution in [2.75, 3.05) is 11.5 Å². The van der Waals surface area contributed by atoms with Gasteiger partial charge in [0.25, 0.3) is 0 Å². The second-order valence-electron chi connectivity index (χ2n) is 4.32. The Morgan fingerprint density at radius 3 is 2.33 bits per heavy atom. The summed E-state index contributed by atoms with van der Waals surface area (Å²) in [6, 6.07) is -1.34. The Kier molecular flexibility index (Phi) is 5.97. The van der Waals surface area contributed by atoms with Gasteiger partial charge in [-0.05, 0) is 30.3 Å². The van der Waals surface area contributed by atoms with Crippen LogP contribution in [0.3, 0.4) is 0 Å². The minimum atomic E-state index is -1.34. The molecule has 18 heavy (non-hydrogen) atoms. The molecule has 1 fully saturated rings. The van der Waals surface area contributed by atoms with E-state index in [1.807, 2.05) is 11.8 Å². The van der Waals surface area contributed by atoms with Crippen molar-refractivity contribution in [1.82, 2.24) is 5.32 Å². The highest BCUT2D eigenvalue weighted by Crippen LogP contribution is 2.25. The maximum atomic E-state index is 11.6. The molecule has 0 spiro atoms. The maximum Gasteiger partial charge on any atom is 0.326 e. The standard InChI is InChI=1S/C11H17NO5S/c13-9(5-7-1-3-18-4-2-7)12-8(11(16)17)6-10(14)15/h7-8H,1-6H2,(H,12,13)(H,14,15)(H,16,17). The molecule has 1 aliphatic rings. The van der Waals surface area contributed by atoms with Crippen LogP contribution in [0.4, 0.5) is 0 Å². The van der Waals surface area contributed by atoms with Crippen molar-refractivity contribution in [2.45, 2.75) is 31.7 Å². The molecule has 0 radical (unpaired) electrons. The smallest absolute Gasteiger partial charge is 0.326 e. The van der Waals surface area contributed by atoms with E-state index in [9.17, 15) is 14.4 Å². The molecule has 3 N–H and O–H groups in total. The second-order valence-corrected chi connectivity index (χ2v) is 5.54. The average Bonchev–Trinajstić information content (AvgIpc) is 2.28. The molecule has 0 aromatic heterocycles. The third kappa shape index (κ3) is 5.39. The van der Waals surface area contributed by atoms with E-state index in [0.717, 1.165) is 24.3 Å². The Morgan fingerprint density at radius 1 is 1.22 bits per heavy atom. The van der Waals surface area contributed by atoms with Crippen LogP contribution >= 0.6 is 11.8 Å². The van der Waals surface area contributed by atoms with Gasteiger partial charge in [0, 0.05) is 6.42 Å². The molecule has 1 aliphatic heterocycles. The van der Waals surface area contributed by atoms with Crippen LogP contribution in [0.25, 0.3) is 0 Å². The molecule has 1 amide bonds. The van der Waals surface area contributed by atoms with Gasteiger partial charge in [0.15, 0.2) is 0 Å². The zero-order valence-electron chi connectivity index (χ0n) is 9.92. The molecule has 0 aromatic carbocycles. The van der Waals surface area contributed by atoms with Gasteiger partial charge in [-0.25, -0.2) is 4.79 Å². The van der Waals surface area contributed by atoms with E-state index in [1.54, 1.807) is 0 Å². The first-order valence-corrected chi connectivity index (χ1v) is 6.96. The van der Waals surface area contributed by atoms with Crippen LogP contribution in [-0.4, -0.2) is 45.6 Å². The molecule has 1 rings (SSSR count). The number of rotatable bonds is 6. The summed E-state index contributed by atoms with van der Waals surface area (Å²) in [6.07, 6.45) is 1.59. The molecule has 0 aliphatic carbocycles. The van der Waals surface area contributed by atoms with Gasteiger partial charge < -0.3 is 15.5 Å². The summed E-state index contributed by atoms with van der Waals surface area (Å²) < 4.78 is 0. The van der Waals surface area contributed by atoms with Crippen molar-refractivity contribution in [3.05, 3.63) is 0 Å². The Bertz CT molecular complexity index is 327. The number of carboxylic acid groups (broad SMARTS) is 2. The lowest BCUT2D eigenvalue weighted by molar-refractivity contribution is -0.147. The van der Waals surface area contributed by atoms with Gasteiger partial charge in [0.1, 0.15) is 6.04 Å². The van der Waals surface area contributed by atoms with E-state index in [2.05, 4.69) is 5.32 Å². The first-order valence-electron chi connectivity index (χ1n) is 5.80. The quantitative estimate of drug-likeness (QED) is 0.654. The molecule has 102 valence electrons. The van der Waals surface area contributed by atoms with Crippen LogP contribution in [0.2, 0.25) is 0 Å². The number of carbonyl (C=O) groups is 3. The molecule has 1 heterocycles. The third-order valence-corrected chi connectivity index (χ3v) is 3.88. The highest BCUT2D eigenvalue weighted by molar-refractivity contribution is 7.99. The van der Waals surface area contributed by atoms with Gasteiger partial charge in [-0.3, -0.25) is 9.59 Å². The Morgan fingerprint density at radius 2 is 1.83 bits per heavy atom. The van der Waals surface area contributed by atoms with E-state index >= 15 is 0 Å². The number of hydrogen-bond donors (Lipinski definition) is 3. The molecule has 7 heteroatoms. The van der Waals surface area contributed by atoms with Crippen LogP contribution in [0.15, 0.2) is 0 Å². The highest BCUT2D eigenvalue weighted by atomic mass is 32.2. The second kappa shape index (κ2) is 7.25. The fourth-order valence-electron chi connectivity index (χ4n) is 1.84. The minimum Gasteiger partial charge on any atom is -0.481 e. The number of thioether (sulfide) groups is 1. The predicted molar refractivity (Wildman–Crippen MR) is 66.5 cm³/mol. The third-order valence-electron chi connectivity index (χ3n) is 2.83. The lowest BCUT2D eigenvalue weighted by atomic mass is 9.98. The molecular weight excluding hydrogens is 258 g/mol. The topological polar surface area (TPSA) is 104 Å². The van der Waals surface area contributed by atoms with Gasteiger partial charge in [-0.1, -0.05) is 0 Å². The molecule has 0 bridgehead atoms. The Labute approximate surface area is 109 Å². The van der Waals surface area contributed by atoms with Gasteiger partial charge in [0.2, 0.25) is 5.91 Å². The number of carbonyl (C=O) groups excluding carboxylic acids is 1. The molecular formula is C11H17NO5S. The fourth-order valence-corrected chi connectivity index (χ4v) is 3.04. The van der Waals surface area contributed by atoms with Gasteiger partial charge in [-0.15, -0.1) is 0 Å². The van der Waals surface area contributed by atoms with E-state index in [0.29, 0.717) is 0 Å². The van der Waals surface area contributed by atoms with Crippen molar-refractivity contribution in [3.63, 3.8) is 0 Å². The van der Waals surface area contributed by atoms with E-state index in [-0.39, 0.29) is 18.2 Å². The van der Waals surface area contributed by atoms with E-state index < -0.39 is 24.4 Å². The zero-order chi connectivity index (χ0) is 13.5. The van der Waals surface area contributed by atoms with E-state index in [4.69, 9.17) is 10.2 Å². The van der Waals surface area contributed by atoms with Crippen LogP contribution in [0.1, 0.15) is 25.7 Å². The summed E-state index contributed by atoms with van der Waals surface area (Å²) in [4.78, 5) is 32.9. The van der Waals surface area contributed by atoms with Crippen LogP contribution in [0, 0.1) is 5.92 Å². The maximum absolute atomic E-state index is 11.6. The summed E-state index contributed by atoms with van der Waals surface area (Å²) in [5, 5.41) is 19.6. The number of nitrogens with one attached hydrogen (secondary N) is 1.